The largest absolute Gasteiger partial charge is 0.416 e. The quantitative estimate of drug-likeness (QED) is 0.640. The van der Waals surface area contributed by atoms with E-state index in [1.54, 1.807) is 0 Å². The van der Waals surface area contributed by atoms with Crippen LogP contribution in [0, 0.1) is 0 Å². The Morgan fingerprint density at radius 3 is 2.69 bits per heavy atom. The summed E-state index contributed by atoms with van der Waals surface area (Å²) in [6.45, 7) is 0. The molecule has 2 rings (SSSR count). The van der Waals surface area contributed by atoms with Crippen molar-refractivity contribution >= 4 is 21.6 Å². The van der Waals surface area contributed by atoms with Crippen molar-refractivity contribution in [3.8, 4) is 0 Å². The van der Waals surface area contributed by atoms with E-state index < -0.39 is 11.7 Å². The van der Waals surface area contributed by atoms with Gasteiger partial charge in [0, 0.05) is 0 Å². The van der Waals surface area contributed by atoms with Crippen molar-refractivity contribution in [2.45, 2.75) is 6.18 Å². The zero-order chi connectivity index (χ0) is 9.47. The van der Waals surface area contributed by atoms with E-state index in [4.69, 9.17) is 0 Å². The molecule has 1 aromatic heterocycles. The minimum absolute atomic E-state index is 0.565. The third-order valence-electron chi connectivity index (χ3n) is 1.66. The lowest BCUT2D eigenvalue weighted by Gasteiger charge is -2.04. The molecule has 0 saturated carbocycles. The SMILES string of the molecule is FC(F)(F)c1ccc2ncsc2c1. The summed E-state index contributed by atoms with van der Waals surface area (Å²) in [5, 5.41) is 0. The Hall–Kier alpha value is -1.10. The van der Waals surface area contributed by atoms with E-state index in [2.05, 4.69) is 4.98 Å². The van der Waals surface area contributed by atoms with Crippen molar-refractivity contribution in [2.75, 3.05) is 0 Å². The Morgan fingerprint density at radius 1 is 1.23 bits per heavy atom. The zero-order valence-corrected chi connectivity index (χ0v) is 7.12. The number of alkyl halides is 3. The smallest absolute Gasteiger partial charge is 0.245 e. The van der Waals surface area contributed by atoms with E-state index in [0.717, 1.165) is 12.1 Å². The number of halogens is 3. The molecule has 0 amide bonds. The van der Waals surface area contributed by atoms with Crippen LogP contribution in [0.5, 0.6) is 0 Å². The highest BCUT2D eigenvalue weighted by atomic mass is 32.1. The van der Waals surface area contributed by atoms with Gasteiger partial charge in [0.1, 0.15) is 0 Å². The number of rotatable bonds is 0. The first kappa shape index (κ1) is 8.50. The number of benzene rings is 1. The lowest BCUT2D eigenvalue weighted by Crippen LogP contribution is -2.03. The molecule has 68 valence electrons. The molecule has 1 nitrogen and oxygen atoms in total. The summed E-state index contributed by atoms with van der Waals surface area (Å²) >= 11 is 1.21. The van der Waals surface area contributed by atoms with Crippen LogP contribution in [-0.2, 0) is 6.18 Å². The van der Waals surface area contributed by atoms with E-state index in [9.17, 15) is 13.2 Å². The van der Waals surface area contributed by atoms with Gasteiger partial charge in [-0.2, -0.15) is 13.2 Å². The van der Waals surface area contributed by atoms with Gasteiger partial charge in [-0.25, -0.2) is 4.98 Å². The molecule has 0 aliphatic rings. The zero-order valence-electron chi connectivity index (χ0n) is 6.30. The fourth-order valence-corrected chi connectivity index (χ4v) is 1.75. The Balaban J connectivity index is 2.61. The summed E-state index contributed by atoms with van der Waals surface area (Å²) in [7, 11) is 0. The van der Waals surface area contributed by atoms with E-state index in [-0.39, 0.29) is 0 Å². The summed E-state index contributed by atoms with van der Waals surface area (Å²) in [5.74, 6) is 0. The minimum Gasteiger partial charge on any atom is -0.245 e. The Kier molecular flexibility index (Phi) is 1.76. The van der Waals surface area contributed by atoms with Crippen LogP contribution in [0.4, 0.5) is 13.2 Å². The van der Waals surface area contributed by atoms with Gasteiger partial charge in [-0.05, 0) is 18.2 Å². The molecule has 0 bridgehead atoms. The van der Waals surface area contributed by atoms with Crippen molar-refractivity contribution in [1.29, 1.82) is 0 Å². The molecule has 0 N–H and O–H groups in total. The molecule has 5 heteroatoms. The second kappa shape index (κ2) is 2.70. The number of fused-ring (bicyclic) bond motifs is 1. The van der Waals surface area contributed by atoms with Crippen LogP contribution < -0.4 is 0 Å². The van der Waals surface area contributed by atoms with Gasteiger partial charge in [-0.1, -0.05) is 0 Å². The van der Waals surface area contributed by atoms with Crippen LogP contribution in [0.25, 0.3) is 10.2 Å². The summed E-state index contributed by atoms with van der Waals surface area (Å²) in [6, 6.07) is 3.55. The molecular weight excluding hydrogens is 199 g/mol. The van der Waals surface area contributed by atoms with Gasteiger partial charge in [0.25, 0.3) is 0 Å². The molecule has 0 atom stereocenters. The first-order valence-electron chi connectivity index (χ1n) is 3.48. The monoisotopic (exact) mass is 203 g/mol. The predicted molar refractivity (Wildman–Crippen MR) is 44.6 cm³/mol. The van der Waals surface area contributed by atoms with E-state index in [0.29, 0.717) is 10.2 Å². The van der Waals surface area contributed by atoms with E-state index in [1.807, 2.05) is 0 Å². The molecule has 0 aliphatic heterocycles. The average molecular weight is 203 g/mol. The van der Waals surface area contributed by atoms with E-state index in [1.165, 1.54) is 22.9 Å². The van der Waals surface area contributed by atoms with Crippen molar-refractivity contribution in [3.63, 3.8) is 0 Å². The number of hydrogen-bond acceptors (Lipinski definition) is 2. The number of hydrogen-bond donors (Lipinski definition) is 0. The normalized spacial score (nSPS) is 12.2. The van der Waals surface area contributed by atoms with Gasteiger partial charge in [-0.15, -0.1) is 11.3 Å². The maximum absolute atomic E-state index is 12.2. The molecule has 2 aromatic rings. The lowest BCUT2D eigenvalue weighted by atomic mass is 10.2. The Morgan fingerprint density at radius 2 is 2.00 bits per heavy atom. The van der Waals surface area contributed by atoms with Gasteiger partial charge < -0.3 is 0 Å². The third-order valence-corrected chi connectivity index (χ3v) is 2.45. The van der Waals surface area contributed by atoms with Crippen LogP contribution >= 0.6 is 11.3 Å². The number of aromatic nitrogens is 1. The van der Waals surface area contributed by atoms with Crippen LogP contribution in [0.2, 0.25) is 0 Å². The second-order valence-corrected chi connectivity index (χ2v) is 3.42. The summed E-state index contributed by atoms with van der Waals surface area (Å²) in [6.07, 6.45) is -4.27. The van der Waals surface area contributed by atoms with Crippen LogP contribution in [0.3, 0.4) is 0 Å². The topological polar surface area (TPSA) is 12.9 Å². The molecule has 0 aliphatic carbocycles. The molecule has 0 fully saturated rings. The Labute approximate surface area is 75.8 Å². The van der Waals surface area contributed by atoms with Gasteiger partial charge in [0.2, 0.25) is 0 Å². The molecule has 0 radical (unpaired) electrons. The summed E-state index contributed by atoms with van der Waals surface area (Å²) in [4.78, 5) is 3.89. The van der Waals surface area contributed by atoms with Gasteiger partial charge in [0.05, 0.1) is 21.3 Å². The minimum atomic E-state index is -4.27. The average Bonchev–Trinajstić information content (AvgIpc) is 2.47. The molecule has 1 heterocycles. The standard InChI is InChI=1S/C8H4F3NS/c9-8(10,11)5-1-2-6-7(3-5)13-4-12-6/h1-4H. The fourth-order valence-electron chi connectivity index (χ4n) is 1.03. The van der Waals surface area contributed by atoms with Crippen LogP contribution in [0.1, 0.15) is 5.56 Å². The first-order valence-corrected chi connectivity index (χ1v) is 4.36. The maximum atomic E-state index is 12.2. The third kappa shape index (κ3) is 1.51. The first-order chi connectivity index (χ1) is 6.07. The van der Waals surface area contributed by atoms with Crippen molar-refractivity contribution in [1.82, 2.24) is 4.98 Å². The highest BCUT2D eigenvalue weighted by Crippen LogP contribution is 2.31. The van der Waals surface area contributed by atoms with Crippen molar-refractivity contribution < 1.29 is 13.2 Å². The highest BCUT2D eigenvalue weighted by molar-refractivity contribution is 7.16. The molecule has 0 spiro atoms. The van der Waals surface area contributed by atoms with Crippen molar-refractivity contribution in [2.24, 2.45) is 0 Å². The molecule has 0 saturated heterocycles. The molecule has 0 unspecified atom stereocenters. The van der Waals surface area contributed by atoms with Crippen molar-refractivity contribution in [3.05, 3.63) is 29.3 Å². The maximum Gasteiger partial charge on any atom is 0.416 e. The predicted octanol–water partition coefficient (Wildman–Crippen LogP) is 3.32. The van der Waals surface area contributed by atoms with E-state index >= 15 is 0 Å². The fraction of sp³-hybridized carbons (Fsp3) is 0.125. The second-order valence-electron chi connectivity index (χ2n) is 2.53. The summed E-state index contributed by atoms with van der Waals surface area (Å²) < 4.78 is 37.2. The molecular formula is C8H4F3NS. The molecule has 13 heavy (non-hydrogen) atoms. The number of thiazole rings is 1. The number of nitrogens with zero attached hydrogens (tertiary/aromatic N) is 1. The van der Waals surface area contributed by atoms with Gasteiger partial charge in [0.15, 0.2) is 0 Å². The Bertz CT molecular complexity index is 432. The lowest BCUT2D eigenvalue weighted by molar-refractivity contribution is -0.137. The van der Waals surface area contributed by atoms with Crippen LogP contribution in [0.15, 0.2) is 23.7 Å². The van der Waals surface area contributed by atoms with Gasteiger partial charge in [-0.3, -0.25) is 0 Å². The molecule has 1 aromatic carbocycles. The van der Waals surface area contributed by atoms with Crippen LogP contribution in [-0.4, -0.2) is 4.98 Å². The summed E-state index contributed by atoms with van der Waals surface area (Å²) in [5.41, 5.74) is 1.52. The highest BCUT2D eigenvalue weighted by Gasteiger charge is 2.30. The van der Waals surface area contributed by atoms with Gasteiger partial charge >= 0.3 is 6.18 Å².